The maximum Gasteiger partial charge on any atom is 0.0900 e. The van der Waals surface area contributed by atoms with Gasteiger partial charge in [0.1, 0.15) is 0 Å². The van der Waals surface area contributed by atoms with Crippen LogP contribution >= 0.6 is 11.8 Å². The zero-order valence-electron chi connectivity index (χ0n) is 34.5. The van der Waals surface area contributed by atoms with Crippen LogP contribution in [0.1, 0.15) is 22.3 Å². The van der Waals surface area contributed by atoms with E-state index in [0.717, 1.165) is 72.6 Å². The molecule has 1 spiro atoms. The Morgan fingerprint density at radius 1 is 0.328 bits per heavy atom. The fourth-order valence-corrected chi connectivity index (χ4v) is 11.4. The highest BCUT2D eigenvalue weighted by atomic mass is 32.2. The number of benzene rings is 7. The van der Waals surface area contributed by atoms with Crippen molar-refractivity contribution in [1.82, 2.24) is 19.9 Å². The number of aromatic nitrogens is 4. The first-order valence-corrected chi connectivity index (χ1v) is 22.4. The summed E-state index contributed by atoms with van der Waals surface area (Å²) in [6, 6.07) is 74.4. The molecule has 0 saturated carbocycles. The first kappa shape index (κ1) is 36.6. The molecule has 0 bridgehead atoms. The Morgan fingerprint density at radius 2 is 0.906 bits per heavy atom. The zero-order valence-corrected chi connectivity index (χ0v) is 35.3. The Hall–Kier alpha value is -7.99. The van der Waals surface area contributed by atoms with Crippen LogP contribution in [0.3, 0.4) is 0 Å². The van der Waals surface area contributed by atoms with Gasteiger partial charge in [0.25, 0.3) is 0 Å². The third-order valence-electron chi connectivity index (χ3n) is 13.0. The predicted molar refractivity (Wildman–Crippen MR) is 261 cm³/mol. The van der Waals surface area contributed by atoms with Crippen LogP contribution in [0.5, 0.6) is 0 Å². The summed E-state index contributed by atoms with van der Waals surface area (Å²) in [7, 11) is 0. The van der Waals surface area contributed by atoms with Crippen molar-refractivity contribution < 1.29 is 0 Å². The van der Waals surface area contributed by atoms with Gasteiger partial charge >= 0.3 is 0 Å². The minimum Gasteiger partial charge on any atom is -0.255 e. The molecular weight excluding hydrogens is 797 g/mol. The number of rotatable bonds is 5. The first-order valence-electron chi connectivity index (χ1n) is 21.6. The van der Waals surface area contributed by atoms with Crippen LogP contribution < -0.4 is 0 Å². The summed E-state index contributed by atoms with van der Waals surface area (Å²) in [5.74, 6) is 0. The van der Waals surface area contributed by atoms with Crippen LogP contribution in [-0.2, 0) is 5.41 Å². The Kier molecular flexibility index (Phi) is 8.33. The lowest BCUT2D eigenvalue weighted by atomic mass is 9.67. The van der Waals surface area contributed by atoms with E-state index < -0.39 is 5.41 Å². The maximum atomic E-state index is 5.47. The Bertz CT molecular complexity index is 3520. The molecule has 0 amide bonds. The molecule has 0 atom stereocenters. The third-order valence-corrected chi connectivity index (χ3v) is 14.2. The van der Waals surface area contributed by atoms with Crippen molar-refractivity contribution >= 4 is 33.4 Å². The van der Waals surface area contributed by atoms with E-state index in [9.17, 15) is 0 Å². The average molecular weight is 833 g/mol. The summed E-state index contributed by atoms with van der Waals surface area (Å²) >= 11 is 1.88. The summed E-state index contributed by atoms with van der Waals surface area (Å²) in [5, 5.41) is 3.47. The van der Waals surface area contributed by atoms with Gasteiger partial charge in [0, 0.05) is 38.5 Å². The van der Waals surface area contributed by atoms with Crippen molar-refractivity contribution in [3.63, 3.8) is 0 Å². The normalized spacial score (nSPS) is 13.1. The molecule has 1 aliphatic heterocycles. The summed E-state index contributed by atoms with van der Waals surface area (Å²) in [6.07, 6.45) is 3.61. The van der Waals surface area contributed by atoms with Gasteiger partial charge in [0.2, 0.25) is 0 Å². The van der Waals surface area contributed by atoms with E-state index in [-0.39, 0.29) is 0 Å². The van der Waals surface area contributed by atoms with Crippen molar-refractivity contribution in [2.75, 3.05) is 0 Å². The highest BCUT2D eigenvalue weighted by Crippen LogP contribution is 2.63. The number of hydrogen-bond acceptors (Lipinski definition) is 5. The summed E-state index contributed by atoms with van der Waals surface area (Å²) < 4.78 is 0. The quantitative estimate of drug-likeness (QED) is 0.162. The van der Waals surface area contributed by atoms with Crippen LogP contribution in [0.2, 0.25) is 0 Å². The molecule has 0 saturated heterocycles. The van der Waals surface area contributed by atoms with Gasteiger partial charge in [0.15, 0.2) is 0 Å². The van der Waals surface area contributed by atoms with Gasteiger partial charge in [-0.1, -0.05) is 145 Å². The molecule has 5 heterocycles. The molecule has 0 fully saturated rings. The summed E-state index contributed by atoms with van der Waals surface area (Å²) in [4.78, 5) is 22.3. The average Bonchev–Trinajstić information content (AvgIpc) is 3.65. The molecule has 7 aromatic carbocycles. The van der Waals surface area contributed by atoms with Gasteiger partial charge in [0.05, 0.1) is 39.4 Å². The van der Waals surface area contributed by atoms with Crippen LogP contribution in [0, 0.1) is 0 Å². The second kappa shape index (κ2) is 14.6. The van der Waals surface area contributed by atoms with Crippen LogP contribution in [0.4, 0.5) is 0 Å². The topological polar surface area (TPSA) is 51.6 Å². The van der Waals surface area contributed by atoms with Gasteiger partial charge in [-0.05, 0) is 134 Å². The monoisotopic (exact) mass is 832 g/mol. The Labute approximate surface area is 375 Å². The SMILES string of the molecule is c1ccc(-c2nc3ccc(-c4ccc(-c5cc(-c6ccccn6)nc(-c6ccccn6)c5)cc4)cc3c3cc4c(cc23)-c2ccccc2C42c3ccccc3Sc3ccccc32)cc1. The second-order valence-corrected chi connectivity index (χ2v) is 17.6. The second-order valence-electron chi connectivity index (χ2n) is 16.5. The van der Waals surface area contributed by atoms with Gasteiger partial charge in [-0.25, -0.2) is 9.97 Å². The Morgan fingerprint density at radius 3 is 1.56 bits per heavy atom. The Balaban J connectivity index is 1.01. The van der Waals surface area contributed by atoms with Crippen molar-refractivity contribution in [2.24, 2.45) is 0 Å². The highest BCUT2D eigenvalue weighted by Gasteiger charge is 2.50. The molecular formula is C59H36N4S. The fraction of sp³-hybridized carbons (Fsp3) is 0.0169. The molecule has 0 unspecified atom stereocenters. The lowest BCUT2D eigenvalue weighted by molar-refractivity contribution is 0.723. The molecule has 11 aromatic rings. The molecule has 2 aliphatic rings. The summed E-state index contributed by atoms with van der Waals surface area (Å²) in [6.45, 7) is 0. The van der Waals surface area contributed by atoms with Crippen LogP contribution in [-0.4, -0.2) is 19.9 Å². The van der Waals surface area contributed by atoms with E-state index in [1.807, 2.05) is 48.2 Å². The zero-order chi connectivity index (χ0) is 42.2. The van der Waals surface area contributed by atoms with E-state index in [1.165, 1.54) is 48.6 Å². The molecule has 1 aliphatic carbocycles. The van der Waals surface area contributed by atoms with Gasteiger partial charge in [-0.15, -0.1) is 0 Å². The number of nitrogens with zero attached hydrogens (tertiary/aromatic N) is 4. The minimum atomic E-state index is -0.478. The van der Waals surface area contributed by atoms with Crippen molar-refractivity contribution in [1.29, 1.82) is 0 Å². The highest BCUT2D eigenvalue weighted by molar-refractivity contribution is 7.99. The molecule has 0 N–H and O–H groups in total. The van der Waals surface area contributed by atoms with Gasteiger partial charge < -0.3 is 0 Å². The molecule has 13 rings (SSSR count). The number of fused-ring (bicyclic) bond motifs is 12. The van der Waals surface area contributed by atoms with Gasteiger partial charge in [-0.3, -0.25) is 9.97 Å². The van der Waals surface area contributed by atoms with Gasteiger partial charge in [-0.2, -0.15) is 0 Å². The largest absolute Gasteiger partial charge is 0.255 e. The number of pyridine rings is 4. The summed E-state index contributed by atoms with van der Waals surface area (Å²) in [5.41, 5.74) is 18.1. The maximum absolute atomic E-state index is 5.47. The molecule has 4 aromatic heterocycles. The molecule has 64 heavy (non-hydrogen) atoms. The van der Waals surface area contributed by atoms with E-state index in [1.54, 1.807) is 12.4 Å². The lowest BCUT2D eigenvalue weighted by Crippen LogP contribution is -2.31. The predicted octanol–water partition coefficient (Wildman–Crippen LogP) is 14.7. The lowest BCUT2D eigenvalue weighted by Gasteiger charge is -2.39. The standard InChI is InChI=1S/C59H36N4S/c1-2-14-39(15-3-1)58-46-35-44-42-16-4-5-17-47(42)59(48-18-6-8-22-56(48)64-57-23-9-7-19-49(57)59)50(44)36-43(46)45-32-40(28-29-51(45)63-58)37-24-26-38(27-25-37)41-33-54(52-20-10-12-30-60-52)62-55(34-41)53-21-11-13-31-61-53/h1-36H. The van der Waals surface area contributed by atoms with Crippen LogP contribution in [0.15, 0.2) is 228 Å². The van der Waals surface area contributed by atoms with Crippen molar-refractivity contribution in [2.45, 2.75) is 15.2 Å². The molecule has 0 radical (unpaired) electrons. The van der Waals surface area contributed by atoms with Crippen molar-refractivity contribution in [3.8, 4) is 67.4 Å². The van der Waals surface area contributed by atoms with Crippen molar-refractivity contribution in [3.05, 3.63) is 241 Å². The van der Waals surface area contributed by atoms with E-state index in [0.29, 0.717) is 0 Å². The molecule has 5 heteroatoms. The van der Waals surface area contributed by atoms with E-state index in [4.69, 9.17) is 9.97 Å². The molecule has 4 nitrogen and oxygen atoms in total. The molecule has 298 valence electrons. The first-order chi connectivity index (χ1) is 31.7. The van der Waals surface area contributed by atoms with E-state index >= 15 is 0 Å². The minimum absolute atomic E-state index is 0.478. The van der Waals surface area contributed by atoms with E-state index in [2.05, 4.69) is 180 Å². The third kappa shape index (κ3) is 5.64. The fourth-order valence-electron chi connectivity index (χ4n) is 10.2. The van der Waals surface area contributed by atoms with Crippen LogP contribution in [0.25, 0.3) is 89.1 Å². The smallest absolute Gasteiger partial charge is 0.0900 e. The number of hydrogen-bond donors (Lipinski definition) is 0.